The molecule has 0 bridgehead atoms. The van der Waals surface area contributed by atoms with Gasteiger partial charge in [-0.15, -0.1) is 0 Å². The van der Waals surface area contributed by atoms with E-state index in [2.05, 4.69) is 0 Å². The van der Waals surface area contributed by atoms with E-state index < -0.39 is 17.8 Å². The zero-order chi connectivity index (χ0) is 29.1. The van der Waals surface area contributed by atoms with Crippen LogP contribution >= 0.6 is 12.2 Å². The summed E-state index contributed by atoms with van der Waals surface area (Å²) in [7, 11) is 0. The lowest BCUT2D eigenvalue weighted by atomic mass is 10.0. The fraction of sp³-hybridized carbons (Fsp3) is 0.0909. The molecule has 0 atom stereocenters. The van der Waals surface area contributed by atoms with Gasteiger partial charge in [0.1, 0.15) is 17.9 Å². The molecule has 8 heteroatoms. The van der Waals surface area contributed by atoms with Crippen molar-refractivity contribution >= 4 is 52.6 Å². The van der Waals surface area contributed by atoms with Crippen LogP contribution in [0, 0.1) is 13.8 Å². The van der Waals surface area contributed by atoms with Gasteiger partial charge >= 0.3 is 5.97 Å². The Balaban J connectivity index is 1.53. The highest BCUT2D eigenvalue weighted by atomic mass is 32.1. The minimum atomic E-state index is -1.00. The first-order valence-electron chi connectivity index (χ1n) is 12.9. The number of hydrogen-bond donors (Lipinski definition) is 1. The number of rotatable bonds is 7. The van der Waals surface area contributed by atoms with Crippen molar-refractivity contribution in [2.24, 2.45) is 0 Å². The van der Waals surface area contributed by atoms with Gasteiger partial charge in [0, 0.05) is 5.56 Å². The van der Waals surface area contributed by atoms with Crippen LogP contribution < -0.4 is 14.5 Å². The number of nitrogens with zero attached hydrogens (tertiary/aromatic N) is 2. The van der Waals surface area contributed by atoms with Crippen LogP contribution in [0.2, 0.25) is 0 Å². The number of benzene rings is 4. The fourth-order valence-electron chi connectivity index (χ4n) is 4.42. The maximum absolute atomic E-state index is 13.9. The molecule has 1 aliphatic heterocycles. The summed E-state index contributed by atoms with van der Waals surface area (Å²) in [6, 6.07) is 28.1. The Kier molecular flexibility index (Phi) is 7.76. The number of aromatic carboxylic acids is 1. The van der Waals surface area contributed by atoms with Crippen molar-refractivity contribution in [2.75, 3.05) is 9.80 Å². The summed E-state index contributed by atoms with van der Waals surface area (Å²) in [4.78, 5) is 41.7. The number of carbonyl (C=O) groups is 3. The second-order valence-corrected chi connectivity index (χ2v) is 9.92. The van der Waals surface area contributed by atoms with Gasteiger partial charge in [-0.3, -0.25) is 19.4 Å². The number of hydrogen-bond acceptors (Lipinski definition) is 5. The first kappa shape index (κ1) is 27.5. The van der Waals surface area contributed by atoms with Gasteiger partial charge in [0.2, 0.25) is 0 Å². The second kappa shape index (κ2) is 11.6. The predicted octanol–water partition coefficient (Wildman–Crippen LogP) is 6.33. The van der Waals surface area contributed by atoms with Crippen molar-refractivity contribution in [1.82, 2.24) is 0 Å². The van der Waals surface area contributed by atoms with Crippen molar-refractivity contribution in [2.45, 2.75) is 20.5 Å². The lowest BCUT2D eigenvalue weighted by Gasteiger charge is -2.36. The van der Waals surface area contributed by atoms with E-state index in [9.17, 15) is 14.4 Å². The van der Waals surface area contributed by atoms with Gasteiger partial charge in [0.05, 0.1) is 16.9 Å². The summed E-state index contributed by atoms with van der Waals surface area (Å²) in [5, 5.41) is 9.21. The molecule has 1 saturated heterocycles. The van der Waals surface area contributed by atoms with Gasteiger partial charge in [-0.2, -0.15) is 0 Å². The fourth-order valence-corrected chi connectivity index (χ4v) is 4.79. The van der Waals surface area contributed by atoms with Crippen LogP contribution in [0.3, 0.4) is 0 Å². The van der Waals surface area contributed by atoms with E-state index in [4.69, 9.17) is 22.1 Å². The average Bonchev–Trinajstić information content (AvgIpc) is 2.97. The molecule has 0 radical (unpaired) electrons. The third-order valence-electron chi connectivity index (χ3n) is 6.83. The molecule has 0 aromatic heterocycles. The topological polar surface area (TPSA) is 87.1 Å². The molecule has 5 rings (SSSR count). The zero-order valence-corrected chi connectivity index (χ0v) is 23.2. The number of ether oxygens (including phenoxy) is 1. The van der Waals surface area contributed by atoms with Crippen molar-refractivity contribution in [3.8, 4) is 5.75 Å². The van der Waals surface area contributed by atoms with E-state index in [0.717, 1.165) is 16.7 Å². The number of carboxylic acid groups (broad SMARTS) is 1. The number of anilines is 2. The molecule has 0 spiro atoms. The number of para-hydroxylation sites is 2. The molecule has 4 aromatic carbocycles. The Bertz CT molecular complexity index is 1700. The largest absolute Gasteiger partial charge is 0.488 e. The molecule has 0 saturated carbocycles. The number of aryl methyl sites for hydroxylation is 2. The van der Waals surface area contributed by atoms with Gasteiger partial charge in [0.15, 0.2) is 5.11 Å². The average molecular weight is 563 g/mol. The number of thiocarbonyl (C=S) groups is 1. The molecule has 41 heavy (non-hydrogen) atoms. The van der Waals surface area contributed by atoms with E-state index in [-0.39, 0.29) is 22.9 Å². The number of amides is 2. The molecule has 0 unspecified atom stereocenters. The SMILES string of the molecule is Cc1ccc(N2C(=O)/C(=C\c3ccccc3OCc3ccc(C(=O)O)cc3)C(=O)N(c3ccccc3)C2=S)cc1C. The summed E-state index contributed by atoms with van der Waals surface area (Å²) < 4.78 is 6.04. The summed E-state index contributed by atoms with van der Waals surface area (Å²) in [6.45, 7) is 4.10. The third kappa shape index (κ3) is 5.64. The van der Waals surface area contributed by atoms with E-state index in [1.54, 1.807) is 60.7 Å². The molecular weight excluding hydrogens is 536 g/mol. The number of carboxylic acids is 1. The van der Waals surface area contributed by atoms with Crippen molar-refractivity contribution in [1.29, 1.82) is 0 Å². The molecule has 1 aliphatic rings. The van der Waals surface area contributed by atoms with Crippen molar-refractivity contribution in [3.05, 3.63) is 130 Å². The summed E-state index contributed by atoms with van der Waals surface area (Å²) >= 11 is 5.73. The highest BCUT2D eigenvalue weighted by Gasteiger charge is 2.41. The maximum Gasteiger partial charge on any atom is 0.335 e. The van der Waals surface area contributed by atoms with E-state index in [0.29, 0.717) is 22.7 Å². The molecule has 2 amide bonds. The van der Waals surface area contributed by atoms with Gasteiger partial charge in [-0.1, -0.05) is 54.6 Å². The van der Waals surface area contributed by atoms with Crippen LogP contribution in [0.25, 0.3) is 6.08 Å². The lowest BCUT2D eigenvalue weighted by molar-refractivity contribution is -0.120. The Hall–Kier alpha value is -5.08. The predicted molar refractivity (Wildman–Crippen MR) is 162 cm³/mol. The molecule has 0 aliphatic carbocycles. The normalized spacial score (nSPS) is 14.5. The van der Waals surface area contributed by atoms with Crippen LogP contribution in [-0.4, -0.2) is 28.0 Å². The first-order valence-corrected chi connectivity index (χ1v) is 13.3. The highest BCUT2D eigenvalue weighted by molar-refractivity contribution is 7.81. The zero-order valence-electron chi connectivity index (χ0n) is 22.4. The second-order valence-electron chi connectivity index (χ2n) is 9.55. The summed E-state index contributed by atoms with van der Waals surface area (Å²) in [6.07, 6.45) is 1.53. The Morgan fingerprint density at radius 1 is 0.805 bits per heavy atom. The van der Waals surface area contributed by atoms with E-state index in [1.165, 1.54) is 28.0 Å². The van der Waals surface area contributed by atoms with E-state index >= 15 is 0 Å². The minimum Gasteiger partial charge on any atom is -0.488 e. The molecule has 4 aromatic rings. The molecule has 1 N–H and O–H groups in total. The molecular formula is C33H26N2O5S. The van der Waals surface area contributed by atoms with Crippen LogP contribution in [0.4, 0.5) is 11.4 Å². The molecule has 7 nitrogen and oxygen atoms in total. The van der Waals surface area contributed by atoms with Gasteiger partial charge in [0.25, 0.3) is 11.8 Å². The van der Waals surface area contributed by atoms with Crippen LogP contribution in [-0.2, 0) is 16.2 Å². The Morgan fingerprint density at radius 3 is 2.10 bits per heavy atom. The monoisotopic (exact) mass is 562 g/mol. The molecule has 204 valence electrons. The standard InChI is InChI=1S/C33H26N2O5S/c1-21-12-17-27(18-22(21)2)35-31(37)28(30(36)34(33(35)41)26-9-4-3-5-10-26)19-25-8-6-7-11-29(25)40-20-23-13-15-24(16-14-23)32(38)39/h3-19H,20H2,1-2H3,(H,38,39)/b28-19-. The van der Waals surface area contributed by atoms with Crippen LogP contribution in [0.1, 0.15) is 32.6 Å². The molecule has 1 heterocycles. The third-order valence-corrected chi connectivity index (χ3v) is 7.19. The van der Waals surface area contributed by atoms with Crippen molar-refractivity contribution < 1.29 is 24.2 Å². The van der Waals surface area contributed by atoms with Crippen molar-refractivity contribution in [3.63, 3.8) is 0 Å². The minimum absolute atomic E-state index is 0.0671. The summed E-state index contributed by atoms with van der Waals surface area (Å²) in [5.41, 5.74) is 4.59. The highest BCUT2D eigenvalue weighted by Crippen LogP contribution is 2.32. The molecule has 1 fully saturated rings. The quantitative estimate of drug-likeness (QED) is 0.161. The smallest absolute Gasteiger partial charge is 0.335 e. The maximum atomic E-state index is 13.9. The Labute approximate surface area is 242 Å². The van der Waals surface area contributed by atoms with Crippen LogP contribution in [0.15, 0.2) is 103 Å². The van der Waals surface area contributed by atoms with Gasteiger partial charge in [-0.05, 0) is 91.3 Å². The van der Waals surface area contributed by atoms with Gasteiger partial charge in [-0.25, -0.2) is 4.79 Å². The van der Waals surface area contributed by atoms with E-state index in [1.807, 2.05) is 38.1 Å². The van der Waals surface area contributed by atoms with Crippen LogP contribution in [0.5, 0.6) is 5.75 Å². The number of carbonyl (C=O) groups excluding carboxylic acids is 2. The Morgan fingerprint density at radius 2 is 1.44 bits per heavy atom. The van der Waals surface area contributed by atoms with Gasteiger partial charge < -0.3 is 9.84 Å². The first-order chi connectivity index (χ1) is 19.7. The lowest BCUT2D eigenvalue weighted by Crippen LogP contribution is -2.57. The summed E-state index contributed by atoms with van der Waals surface area (Å²) in [5.74, 6) is -1.62.